The first-order chi connectivity index (χ1) is 12.7. The maximum atomic E-state index is 12.7. The number of ether oxygens (including phenoxy) is 1. The molecule has 3 rings (SSSR count). The van der Waals surface area contributed by atoms with Crippen molar-refractivity contribution >= 4 is 22.5 Å². The summed E-state index contributed by atoms with van der Waals surface area (Å²) in [4.78, 5) is 27.2. The van der Waals surface area contributed by atoms with E-state index in [0.717, 1.165) is 49.7 Å². The van der Waals surface area contributed by atoms with E-state index >= 15 is 0 Å². The summed E-state index contributed by atoms with van der Waals surface area (Å²) in [6.45, 7) is 2.35. The summed E-state index contributed by atoms with van der Waals surface area (Å²) in [5.74, 6) is 0.658. The van der Waals surface area contributed by atoms with Gasteiger partial charge in [0.05, 0.1) is 0 Å². The topological polar surface area (TPSA) is 46.6 Å². The molecule has 1 aliphatic heterocycles. The lowest BCUT2D eigenvalue weighted by Gasteiger charge is -2.32. The Morgan fingerprint density at radius 3 is 2.77 bits per heavy atom. The predicted octanol–water partition coefficient (Wildman–Crippen LogP) is 4.08. The minimum absolute atomic E-state index is 0.0445. The molecule has 0 aromatic heterocycles. The Balaban J connectivity index is 1.57. The number of benzene rings is 2. The van der Waals surface area contributed by atoms with Crippen LogP contribution < -0.4 is 0 Å². The molecular formula is C22H27NO3. The Morgan fingerprint density at radius 1 is 1.12 bits per heavy atom. The Labute approximate surface area is 155 Å². The normalized spacial score (nSPS) is 17.4. The average Bonchev–Trinajstić information content (AvgIpc) is 2.70. The molecule has 1 saturated heterocycles. The molecule has 2 aromatic rings. The van der Waals surface area contributed by atoms with Crippen molar-refractivity contribution in [1.29, 1.82) is 0 Å². The molecule has 0 radical (unpaired) electrons. The summed E-state index contributed by atoms with van der Waals surface area (Å²) >= 11 is 0. The number of fused-ring (bicyclic) bond motifs is 1. The summed E-state index contributed by atoms with van der Waals surface area (Å²) < 4.78 is 5.16. The van der Waals surface area contributed by atoms with Crippen molar-refractivity contribution in [3.63, 3.8) is 0 Å². The SMILES string of the molecule is COCC[C@H]1CCCN(C(=O)CCC(=O)c2cccc3ccccc23)C1. The molecular weight excluding hydrogens is 326 g/mol. The molecule has 1 heterocycles. The largest absolute Gasteiger partial charge is 0.385 e. The maximum Gasteiger partial charge on any atom is 0.223 e. The van der Waals surface area contributed by atoms with Crippen LogP contribution in [0.25, 0.3) is 10.8 Å². The van der Waals surface area contributed by atoms with Gasteiger partial charge in [0.1, 0.15) is 0 Å². The maximum absolute atomic E-state index is 12.7. The Kier molecular flexibility index (Phi) is 6.40. The van der Waals surface area contributed by atoms with Gasteiger partial charge in [-0.25, -0.2) is 0 Å². The van der Waals surface area contributed by atoms with Crippen LogP contribution in [0.4, 0.5) is 0 Å². The zero-order valence-corrected chi connectivity index (χ0v) is 15.4. The lowest BCUT2D eigenvalue weighted by molar-refractivity contribution is -0.133. The van der Waals surface area contributed by atoms with Crippen LogP contribution >= 0.6 is 0 Å². The quantitative estimate of drug-likeness (QED) is 0.705. The number of carbonyl (C=O) groups is 2. The summed E-state index contributed by atoms with van der Waals surface area (Å²) in [5, 5.41) is 2.02. The van der Waals surface area contributed by atoms with E-state index in [9.17, 15) is 9.59 Å². The summed E-state index contributed by atoms with van der Waals surface area (Å²) in [6, 6.07) is 13.7. The molecule has 0 saturated carbocycles. The van der Waals surface area contributed by atoms with Gasteiger partial charge in [-0.2, -0.15) is 0 Å². The number of likely N-dealkylation sites (tertiary alicyclic amines) is 1. The number of ketones is 1. The van der Waals surface area contributed by atoms with E-state index in [1.807, 2.05) is 47.4 Å². The number of carbonyl (C=O) groups excluding carboxylic acids is 2. The molecule has 2 aromatic carbocycles. The van der Waals surface area contributed by atoms with E-state index in [2.05, 4.69) is 0 Å². The number of amides is 1. The van der Waals surface area contributed by atoms with E-state index in [1.54, 1.807) is 7.11 Å². The average molecular weight is 353 g/mol. The highest BCUT2D eigenvalue weighted by Gasteiger charge is 2.24. The monoisotopic (exact) mass is 353 g/mol. The summed E-state index contributed by atoms with van der Waals surface area (Å²) in [7, 11) is 1.71. The predicted molar refractivity (Wildman–Crippen MR) is 103 cm³/mol. The van der Waals surface area contributed by atoms with Crippen LogP contribution in [0.15, 0.2) is 42.5 Å². The molecule has 1 amide bonds. The van der Waals surface area contributed by atoms with Gasteiger partial charge in [0.15, 0.2) is 5.78 Å². The molecule has 4 nitrogen and oxygen atoms in total. The lowest BCUT2D eigenvalue weighted by atomic mass is 9.94. The third kappa shape index (κ3) is 4.50. The van der Waals surface area contributed by atoms with Gasteiger partial charge in [-0.05, 0) is 36.0 Å². The van der Waals surface area contributed by atoms with Crippen LogP contribution in [0.5, 0.6) is 0 Å². The fourth-order valence-corrected chi connectivity index (χ4v) is 3.79. The standard InChI is InChI=1S/C22H27NO3/c1-26-15-13-17-6-5-14-23(16-17)22(25)12-11-21(24)20-10-4-8-18-7-2-3-9-19(18)20/h2-4,7-10,17H,5-6,11-16H2,1H3/t17-/m1/s1. The number of hydrogen-bond acceptors (Lipinski definition) is 3. The van der Waals surface area contributed by atoms with Crippen molar-refractivity contribution in [2.75, 3.05) is 26.8 Å². The van der Waals surface area contributed by atoms with Crippen LogP contribution in [-0.4, -0.2) is 43.4 Å². The van der Waals surface area contributed by atoms with Crippen molar-refractivity contribution in [1.82, 2.24) is 4.90 Å². The fraction of sp³-hybridized carbons (Fsp3) is 0.455. The second kappa shape index (κ2) is 8.95. The van der Waals surface area contributed by atoms with E-state index in [1.165, 1.54) is 0 Å². The fourth-order valence-electron chi connectivity index (χ4n) is 3.79. The van der Waals surface area contributed by atoms with Gasteiger partial charge in [0.2, 0.25) is 5.91 Å². The lowest BCUT2D eigenvalue weighted by Crippen LogP contribution is -2.40. The number of methoxy groups -OCH3 is 1. The molecule has 0 spiro atoms. The number of Topliss-reactive ketones (excluding diaryl/α,β-unsaturated/α-hetero) is 1. The number of hydrogen-bond donors (Lipinski definition) is 0. The van der Waals surface area contributed by atoms with Gasteiger partial charge in [0, 0.05) is 45.2 Å². The smallest absolute Gasteiger partial charge is 0.223 e. The van der Waals surface area contributed by atoms with Crippen LogP contribution in [0.1, 0.15) is 42.5 Å². The molecule has 0 unspecified atom stereocenters. The minimum Gasteiger partial charge on any atom is -0.385 e. The van der Waals surface area contributed by atoms with Gasteiger partial charge in [-0.3, -0.25) is 9.59 Å². The van der Waals surface area contributed by atoms with Crippen LogP contribution in [-0.2, 0) is 9.53 Å². The van der Waals surface area contributed by atoms with E-state index in [-0.39, 0.29) is 18.1 Å². The molecule has 0 aliphatic carbocycles. The molecule has 1 atom stereocenters. The zero-order chi connectivity index (χ0) is 18.4. The molecule has 0 bridgehead atoms. The first-order valence-electron chi connectivity index (χ1n) is 9.46. The molecule has 26 heavy (non-hydrogen) atoms. The van der Waals surface area contributed by atoms with Crippen molar-refractivity contribution in [2.24, 2.45) is 5.92 Å². The number of piperidine rings is 1. The van der Waals surface area contributed by atoms with Crippen molar-refractivity contribution in [3.8, 4) is 0 Å². The van der Waals surface area contributed by atoms with E-state index in [4.69, 9.17) is 4.74 Å². The second-order valence-electron chi connectivity index (χ2n) is 7.08. The molecule has 1 fully saturated rings. The van der Waals surface area contributed by atoms with Gasteiger partial charge < -0.3 is 9.64 Å². The van der Waals surface area contributed by atoms with Crippen molar-refractivity contribution in [2.45, 2.75) is 32.1 Å². The van der Waals surface area contributed by atoms with Gasteiger partial charge in [-0.15, -0.1) is 0 Å². The Bertz CT molecular complexity index is 766. The number of rotatable bonds is 7. The van der Waals surface area contributed by atoms with E-state index < -0.39 is 0 Å². The highest BCUT2D eigenvalue weighted by atomic mass is 16.5. The summed E-state index contributed by atoms with van der Waals surface area (Å²) in [6.07, 6.45) is 3.75. The van der Waals surface area contributed by atoms with Crippen molar-refractivity contribution < 1.29 is 14.3 Å². The highest BCUT2D eigenvalue weighted by Crippen LogP contribution is 2.22. The molecule has 0 N–H and O–H groups in total. The van der Waals surface area contributed by atoms with Crippen LogP contribution in [0, 0.1) is 5.92 Å². The third-order valence-corrected chi connectivity index (χ3v) is 5.26. The van der Waals surface area contributed by atoms with Gasteiger partial charge >= 0.3 is 0 Å². The first kappa shape index (κ1) is 18.6. The number of nitrogens with zero attached hydrogens (tertiary/aromatic N) is 1. The van der Waals surface area contributed by atoms with Crippen LogP contribution in [0.3, 0.4) is 0 Å². The first-order valence-corrected chi connectivity index (χ1v) is 9.46. The molecule has 4 heteroatoms. The second-order valence-corrected chi connectivity index (χ2v) is 7.08. The van der Waals surface area contributed by atoms with Gasteiger partial charge in [0.25, 0.3) is 0 Å². The Morgan fingerprint density at radius 2 is 1.92 bits per heavy atom. The zero-order valence-electron chi connectivity index (χ0n) is 15.4. The third-order valence-electron chi connectivity index (χ3n) is 5.26. The highest BCUT2D eigenvalue weighted by molar-refractivity contribution is 6.08. The van der Waals surface area contributed by atoms with Crippen LogP contribution in [0.2, 0.25) is 0 Å². The van der Waals surface area contributed by atoms with E-state index in [0.29, 0.717) is 17.9 Å². The molecule has 138 valence electrons. The summed E-state index contributed by atoms with van der Waals surface area (Å²) in [5.41, 5.74) is 0.715. The Hall–Kier alpha value is -2.20. The van der Waals surface area contributed by atoms with Crippen molar-refractivity contribution in [3.05, 3.63) is 48.0 Å². The van der Waals surface area contributed by atoms with Gasteiger partial charge in [-0.1, -0.05) is 42.5 Å². The molecule has 1 aliphatic rings. The minimum atomic E-state index is 0.0445.